The van der Waals surface area contributed by atoms with Gasteiger partial charge in [0.15, 0.2) is 0 Å². The quantitative estimate of drug-likeness (QED) is 0.572. The van der Waals surface area contributed by atoms with Gasteiger partial charge in [-0.05, 0) is 61.8 Å². The van der Waals surface area contributed by atoms with Crippen molar-refractivity contribution in [3.8, 4) is 0 Å². The van der Waals surface area contributed by atoms with Crippen LogP contribution in [0, 0.1) is 0 Å². The van der Waals surface area contributed by atoms with Crippen LogP contribution in [-0.4, -0.2) is 35.7 Å². The fourth-order valence-electron chi connectivity index (χ4n) is 5.12. The van der Waals surface area contributed by atoms with Gasteiger partial charge in [0, 0.05) is 17.1 Å². The third-order valence-electron chi connectivity index (χ3n) is 6.79. The maximum atomic E-state index is 6.54. The molecule has 2 aliphatic carbocycles. The van der Waals surface area contributed by atoms with E-state index in [0.29, 0.717) is 5.82 Å². The SMILES string of the molecule is [B]C1CCc2c3c(n([B]N([B])c4ccccc4)c2CC1)CCCC([B])(C)CCC3. The maximum absolute atomic E-state index is 6.54. The van der Waals surface area contributed by atoms with Crippen LogP contribution in [0.5, 0.6) is 0 Å². The molecular formula is C23H29B4N2. The number of hydrogen-bond acceptors (Lipinski definition) is 1. The Morgan fingerprint density at radius 3 is 2.34 bits per heavy atom. The number of hydrogen-bond donors (Lipinski definition) is 0. The molecule has 4 rings (SSSR count). The van der Waals surface area contributed by atoms with E-state index in [9.17, 15) is 0 Å². The number of rotatable bonds is 3. The first kappa shape index (κ1) is 20.8. The van der Waals surface area contributed by atoms with Crippen LogP contribution in [0.1, 0.15) is 68.0 Å². The molecule has 29 heavy (non-hydrogen) atoms. The van der Waals surface area contributed by atoms with Gasteiger partial charge in [-0.25, -0.2) is 0 Å². The summed E-state index contributed by atoms with van der Waals surface area (Å²) in [6, 6.07) is 10.2. The van der Waals surface area contributed by atoms with Crippen molar-refractivity contribution in [1.82, 2.24) is 4.48 Å². The van der Waals surface area contributed by atoms with Gasteiger partial charge in [0.25, 0.3) is 0 Å². The lowest BCUT2D eigenvalue weighted by molar-refractivity contribution is 0.488. The molecule has 0 bridgehead atoms. The van der Waals surface area contributed by atoms with Crippen molar-refractivity contribution in [2.24, 2.45) is 0 Å². The molecule has 1 aromatic carbocycles. The Hall–Kier alpha value is -1.44. The summed E-state index contributed by atoms with van der Waals surface area (Å²) in [5.41, 5.74) is 6.93. The first-order chi connectivity index (χ1) is 13.9. The molecule has 0 amide bonds. The second-order valence-electron chi connectivity index (χ2n) is 9.28. The smallest absolute Gasteiger partial charge is 0.381 e. The first-order valence-electron chi connectivity index (χ1n) is 11.2. The Morgan fingerprint density at radius 2 is 1.59 bits per heavy atom. The first-order valence-corrected chi connectivity index (χ1v) is 11.2. The topological polar surface area (TPSA) is 8.17 Å². The van der Waals surface area contributed by atoms with E-state index in [2.05, 4.69) is 19.0 Å². The van der Waals surface area contributed by atoms with Crippen LogP contribution in [0.4, 0.5) is 5.69 Å². The molecule has 2 unspecified atom stereocenters. The number of nitrogens with zero attached hydrogens (tertiary/aromatic N) is 2. The Kier molecular flexibility index (Phi) is 6.27. The van der Waals surface area contributed by atoms with E-state index in [-0.39, 0.29) is 5.31 Å². The monoisotopic (exact) mass is 377 g/mol. The fraction of sp³-hybridized carbons (Fsp3) is 0.565. The van der Waals surface area contributed by atoms with Crippen LogP contribution in [0.25, 0.3) is 0 Å². The lowest BCUT2D eigenvalue weighted by Crippen LogP contribution is -2.32. The second-order valence-corrected chi connectivity index (χ2v) is 9.28. The summed E-state index contributed by atoms with van der Waals surface area (Å²) in [4.78, 5) is 0. The number of para-hydroxylation sites is 1. The molecule has 0 saturated heterocycles. The minimum atomic E-state index is -0.0543. The maximum Gasteiger partial charge on any atom is 0.381 e. The highest BCUT2D eigenvalue weighted by Crippen LogP contribution is 2.39. The minimum Gasteiger partial charge on any atom is -0.454 e. The molecule has 1 heterocycles. The average Bonchev–Trinajstić information content (AvgIpc) is 2.86. The van der Waals surface area contributed by atoms with Crippen molar-refractivity contribution in [3.05, 3.63) is 52.8 Å². The van der Waals surface area contributed by atoms with Crippen LogP contribution in [0.15, 0.2) is 30.3 Å². The van der Waals surface area contributed by atoms with Gasteiger partial charge >= 0.3 is 7.55 Å². The molecule has 0 aliphatic heterocycles. The Balaban J connectivity index is 1.71. The zero-order chi connectivity index (χ0) is 20.4. The Labute approximate surface area is 181 Å². The molecule has 2 atom stereocenters. The van der Waals surface area contributed by atoms with E-state index in [1.165, 1.54) is 17.0 Å². The van der Waals surface area contributed by atoms with Gasteiger partial charge in [-0.1, -0.05) is 61.9 Å². The normalized spacial score (nSPS) is 24.9. The van der Waals surface area contributed by atoms with Gasteiger partial charge in [-0.2, -0.15) is 0 Å². The Morgan fingerprint density at radius 1 is 0.966 bits per heavy atom. The minimum absolute atomic E-state index is 0.0543. The van der Waals surface area contributed by atoms with Crippen LogP contribution in [-0.2, 0) is 25.7 Å². The lowest BCUT2D eigenvalue weighted by Gasteiger charge is -2.25. The Bertz CT molecular complexity index is 831. The second kappa shape index (κ2) is 8.74. The largest absolute Gasteiger partial charge is 0.454 e. The predicted molar refractivity (Wildman–Crippen MR) is 126 cm³/mol. The van der Waals surface area contributed by atoms with Crippen molar-refractivity contribution in [2.75, 3.05) is 4.72 Å². The highest BCUT2D eigenvalue weighted by atomic mass is 15.1. The molecule has 0 spiro atoms. The molecule has 0 fully saturated rings. The summed E-state index contributed by atoms with van der Waals surface area (Å²) < 4.78 is 4.15. The van der Waals surface area contributed by atoms with E-state index in [0.717, 1.165) is 69.9 Å². The van der Waals surface area contributed by atoms with Crippen molar-refractivity contribution >= 4 is 36.9 Å². The van der Waals surface area contributed by atoms with Gasteiger partial charge in [0.1, 0.15) is 0 Å². The summed E-state index contributed by atoms with van der Waals surface area (Å²) in [6.07, 6.45) is 10.8. The summed E-state index contributed by atoms with van der Waals surface area (Å²) in [5, 5.41) is -0.0543. The fourth-order valence-corrected chi connectivity index (χ4v) is 5.12. The third kappa shape index (κ3) is 4.67. The number of fused-ring (bicyclic) bond motifs is 3. The highest BCUT2D eigenvalue weighted by Gasteiger charge is 2.28. The van der Waals surface area contributed by atoms with E-state index < -0.39 is 0 Å². The van der Waals surface area contributed by atoms with Gasteiger partial charge in [-0.3, -0.25) is 0 Å². The molecule has 7 radical (unpaired) electrons. The van der Waals surface area contributed by atoms with Crippen LogP contribution in [0.2, 0.25) is 11.1 Å². The molecule has 2 nitrogen and oxygen atoms in total. The molecule has 1 aromatic heterocycles. The number of anilines is 1. The third-order valence-corrected chi connectivity index (χ3v) is 6.79. The van der Waals surface area contributed by atoms with Gasteiger partial charge in [0.2, 0.25) is 7.98 Å². The molecular weight excluding hydrogens is 348 g/mol. The summed E-state index contributed by atoms with van der Waals surface area (Å²) >= 11 is 0. The molecule has 0 N–H and O–H groups in total. The standard InChI is InChI=1S/C23H29B4N2/c1-23(25)15-5-9-19-20-13-11-17(24)12-14-22(20)28(21(19)10-6-16-23)27-29(26)18-7-3-2-4-8-18/h2-4,7-8,17H,5-6,9-16H2,1H3. The van der Waals surface area contributed by atoms with Crippen LogP contribution < -0.4 is 4.72 Å². The zero-order valence-corrected chi connectivity index (χ0v) is 17.7. The van der Waals surface area contributed by atoms with Gasteiger partial charge < -0.3 is 9.20 Å². The van der Waals surface area contributed by atoms with Crippen molar-refractivity contribution < 1.29 is 0 Å². The summed E-state index contributed by atoms with van der Waals surface area (Å²) in [6.45, 7) is 2.21. The van der Waals surface area contributed by atoms with Crippen molar-refractivity contribution in [1.29, 1.82) is 0 Å². The zero-order valence-electron chi connectivity index (χ0n) is 17.7. The average molecular weight is 377 g/mol. The van der Waals surface area contributed by atoms with E-state index in [1.54, 1.807) is 10.3 Å². The van der Waals surface area contributed by atoms with Crippen LogP contribution in [0.3, 0.4) is 0 Å². The number of aromatic nitrogens is 1. The summed E-state index contributed by atoms with van der Waals surface area (Å²) in [5.74, 6) is 0.290. The van der Waals surface area contributed by atoms with Gasteiger partial charge in [-0.15, -0.1) is 0 Å². The van der Waals surface area contributed by atoms with E-state index in [4.69, 9.17) is 23.7 Å². The van der Waals surface area contributed by atoms with E-state index >= 15 is 0 Å². The summed E-state index contributed by atoms with van der Waals surface area (Å²) in [7, 11) is 21.4. The molecule has 0 saturated carbocycles. The van der Waals surface area contributed by atoms with Crippen LogP contribution >= 0.6 is 0 Å². The lowest BCUT2D eigenvalue weighted by atomic mass is 9.64. The predicted octanol–water partition coefficient (Wildman–Crippen LogP) is 4.30. The van der Waals surface area contributed by atoms with Gasteiger partial charge in [0.05, 0.1) is 15.7 Å². The molecule has 6 heteroatoms. The van der Waals surface area contributed by atoms with Crippen molar-refractivity contribution in [3.63, 3.8) is 0 Å². The van der Waals surface area contributed by atoms with Crippen molar-refractivity contribution in [2.45, 2.75) is 82.3 Å². The molecule has 2 aromatic rings. The molecule has 2 aliphatic rings. The number of benzene rings is 1. The highest BCUT2D eigenvalue weighted by molar-refractivity contribution is 6.54. The molecule has 143 valence electrons. The van der Waals surface area contributed by atoms with E-state index in [1.807, 2.05) is 30.3 Å².